The van der Waals surface area contributed by atoms with Gasteiger partial charge in [0, 0.05) is 24.2 Å². The van der Waals surface area contributed by atoms with E-state index < -0.39 is 0 Å². The minimum absolute atomic E-state index is 0.343. The molecule has 0 aliphatic rings. The molecule has 0 unspecified atom stereocenters. The SMILES string of the molecule is CC(C)c1nc(C(C)C)n(-c2ccncc2)n1. The molecule has 0 saturated carbocycles. The Labute approximate surface area is 102 Å². The molecule has 0 aromatic carbocycles. The van der Waals surface area contributed by atoms with Crippen LogP contribution in [0.1, 0.15) is 51.2 Å². The maximum absolute atomic E-state index is 4.62. The highest BCUT2D eigenvalue weighted by Crippen LogP contribution is 2.19. The lowest BCUT2D eigenvalue weighted by Crippen LogP contribution is -2.04. The van der Waals surface area contributed by atoms with Gasteiger partial charge in [-0.05, 0) is 12.1 Å². The Kier molecular flexibility index (Phi) is 3.22. The molecule has 0 bridgehead atoms. The number of rotatable bonds is 3. The predicted octanol–water partition coefficient (Wildman–Crippen LogP) is 2.91. The summed E-state index contributed by atoms with van der Waals surface area (Å²) in [5, 5.41) is 4.58. The summed E-state index contributed by atoms with van der Waals surface area (Å²) < 4.78 is 1.92. The Morgan fingerprint density at radius 1 is 1.00 bits per heavy atom. The predicted molar refractivity (Wildman–Crippen MR) is 67.3 cm³/mol. The second kappa shape index (κ2) is 4.65. The first-order chi connectivity index (χ1) is 8.09. The molecular formula is C13H18N4. The first-order valence-electron chi connectivity index (χ1n) is 5.97. The molecule has 90 valence electrons. The highest BCUT2D eigenvalue weighted by atomic mass is 15.4. The third kappa shape index (κ3) is 2.35. The van der Waals surface area contributed by atoms with Crippen molar-refractivity contribution in [2.75, 3.05) is 0 Å². The summed E-state index contributed by atoms with van der Waals surface area (Å²) >= 11 is 0. The van der Waals surface area contributed by atoms with E-state index in [1.54, 1.807) is 12.4 Å². The molecule has 0 spiro atoms. The summed E-state index contributed by atoms with van der Waals surface area (Å²) in [6.07, 6.45) is 3.55. The van der Waals surface area contributed by atoms with E-state index in [0.717, 1.165) is 17.3 Å². The van der Waals surface area contributed by atoms with Gasteiger partial charge in [-0.2, -0.15) is 5.10 Å². The molecule has 0 saturated heterocycles. The average Bonchev–Trinajstić information content (AvgIpc) is 2.75. The lowest BCUT2D eigenvalue weighted by atomic mass is 10.2. The second-order valence-corrected chi connectivity index (χ2v) is 4.75. The van der Waals surface area contributed by atoms with Gasteiger partial charge < -0.3 is 0 Å². The molecule has 0 atom stereocenters. The van der Waals surface area contributed by atoms with Crippen LogP contribution in [0.3, 0.4) is 0 Å². The van der Waals surface area contributed by atoms with E-state index in [9.17, 15) is 0 Å². The van der Waals surface area contributed by atoms with Gasteiger partial charge in [-0.15, -0.1) is 0 Å². The Hall–Kier alpha value is -1.71. The van der Waals surface area contributed by atoms with Gasteiger partial charge >= 0.3 is 0 Å². The number of nitrogens with zero attached hydrogens (tertiary/aromatic N) is 4. The molecule has 0 radical (unpaired) electrons. The van der Waals surface area contributed by atoms with Gasteiger partial charge in [0.05, 0.1) is 5.69 Å². The van der Waals surface area contributed by atoms with Crippen molar-refractivity contribution in [1.82, 2.24) is 19.7 Å². The van der Waals surface area contributed by atoms with E-state index in [4.69, 9.17) is 0 Å². The fraction of sp³-hybridized carbons (Fsp3) is 0.462. The molecule has 0 N–H and O–H groups in total. The van der Waals surface area contributed by atoms with Crippen LogP contribution in [-0.4, -0.2) is 19.7 Å². The van der Waals surface area contributed by atoms with E-state index in [1.807, 2.05) is 16.8 Å². The van der Waals surface area contributed by atoms with E-state index in [1.165, 1.54) is 0 Å². The third-order valence-electron chi connectivity index (χ3n) is 2.59. The summed E-state index contributed by atoms with van der Waals surface area (Å²) in [6.45, 7) is 8.48. The molecule has 2 rings (SSSR count). The number of hydrogen-bond acceptors (Lipinski definition) is 3. The van der Waals surface area contributed by atoms with Crippen LogP contribution < -0.4 is 0 Å². The van der Waals surface area contributed by atoms with E-state index in [2.05, 4.69) is 42.8 Å². The van der Waals surface area contributed by atoms with Crippen LogP contribution in [0.25, 0.3) is 5.69 Å². The van der Waals surface area contributed by atoms with Gasteiger partial charge in [-0.3, -0.25) is 4.98 Å². The molecule has 0 amide bonds. The maximum Gasteiger partial charge on any atom is 0.153 e. The summed E-state index contributed by atoms with van der Waals surface area (Å²) in [6, 6.07) is 3.90. The molecule has 17 heavy (non-hydrogen) atoms. The molecule has 2 aromatic heterocycles. The zero-order chi connectivity index (χ0) is 12.4. The largest absolute Gasteiger partial charge is 0.265 e. The summed E-state index contributed by atoms with van der Waals surface area (Å²) in [5.74, 6) is 2.59. The van der Waals surface area contributed by atoms with Gasteiger partial charge in [0.2, 0.25) is 0 Å². The zero-order valence-corrected chi connectivity index (χ0v) is 10.8. The van der Waals surface area contributed by atoms with E-state index in [-0.39, 0.29) is 0 Å². The van der Waals surface area contributed by atoms with Crippen molar-refractivity contribution >= 4 is 0 Å². The topological polar surface area (TPSA) is 43.6 Å². The van der Waals surface area contributed by atoms with E-state index in [0.29, 0.717) is 11.8 Å². The summed E-state index contributed by atoms with van der Waals surface area (Å²) in [7, 11) is 0. The maximum atomic E-state index is 4.62. The highest BCUT2D eigenvalue weighted by molar-refractivity contribution is 5.29. The van der Waals surface area contributed by atoms with Crippen molar-refractivity contribution in [3.05, 3.63) is 36.2 Å². The Morgan fingerprint density at radius 2 is 1.65 bits per heavy atom. The monoisotopic (exact) mass is 230 g/mol. The van der Waals surface area contributed by atoms with Gasteiger partial charge in [0.15, 0.2) is 5.82 Å². The van der Waals surface area contributed by atoms with Crippen LogP contribution in [0.15, 0.2) is 24.5 Å². The van der Waals surface area contributed by atoms with Crippen molar-refractivity contribution in [3.8, 4) is 5.69 Å². The normalized spacial score (nSPS) is 11.4. The average molecular weight is 230 g/mol. The third-order valence-corrected chi connectivity index (χ3v) is 2.59. The smallest absolute Gasteiger partial charge is 0.153 e. The fourth-order valence-electron chi connectivity index (χ4n) is 1.63. The Bertz CT molecular complexity index is 485. The fourth-order valence-corrected chi connectivity index (χ4v) is 1.63. The van der Waals surface area contributed by atoms with E-state index >= 15 is 0 Å². The molecule has 0 fully saturated rings. The minimum atomic E-state index is 0.343. The van der Waals surface area contributed by atoms with Gasteiger partial charge in [-0.25, -0.2) is 9.67 Å². The van der Waals surface area contributed by atoms with Crippen LogP contribution in [0, 0.1) is 0 Å². The lowest BCUT2D eigenvalue weighted by Gasteiger charge is -2.07. The second-order valence-electron chi connectivity index (χ2n) is 4.75. The van der Waals surface area contributed by atoms with Gasteiger partial charge in [0.1, 0.15) is 5.82 Å². The quantitative estimate of drug-likeness (QED) is 0.814. The molecule has 0 aliphatic carbocycles. The van der Waals surface area contributed by atoms with Gasteiger partial charge in [-0.1, -0.05) is 27.7 Å². The summed E-state index contributed by atoms with van der Waals surface area (Å²) in [4.78, 5) is 8.64. The first-order valence-corrected chi connectivity index (χ1v) is 5.97. The van der Waals surface area contributed by atoms with Crippen molar-refractivity contribution in [2.45, 2.75) is 39.5 Å². The number of pyridine rings is 1. The Balaban J connectivity index is 2.52. The van der Waals surface area contributed by atoms with Crippen molar-refractivity contribution in [1.29, 1.82) is 0 Å². The highest BCUT2D eigenvalue weighted by Gasteiger charge is 2.16. The van der Waals surface area contributed by atoms with Crippen LogP contribution in [-0.2, 0) is 0 Å². The molecule has 2 aromatic rings. The van der Waals surface area contributed by atoms with Crippen LogP contribution >= 0.6 is 0 Å². The van der Waals surface area contributed by atoms with Crippen LogP contribution in [0.2, 0.25) is 0 Å². The zero-order valence-electron chi connectivity index (χ0n) is 10.8. The van der Waals surface area contributed by atoms with Gasteiger partial charge in [0.25, 0.3) is 0 Å². The molecule has 2 heterocycles. The molecule has 4 heteroatoms. The standard InChI is InChI=1S/C13H18N4/c1-9(2)12-15-13(10(3)4)17(16-12)11-5-7-14-8-6-11/h5-10H,1-4H3. The summed E-state index contributed by atoms with van der Waals surface area (Å²) in [5.41, 5.74) is 1.02. The minimum Gasteiger partial charge on any atom is -0.265 e. The number of hydrogen-bond donors (Lipinski definition) is 0. The number of aromatic nitrogens is 4. The molecule has 4 nitrogen and oxygen atoms in total. The first kappa shape index (κ1) is 11.8. The van der Waals surface area contributed by atoms with Crippen molar-refractivity contribution in [3.63, 3.8) is 0 Å². The van der Waals surface area contributed by atoms with Crippen LogP contribution in [0.5, 0.6) is 0 Å². The molecule has 0 aliphatic heterocycles. The van der Waals surface area contributed by atoms with Crippen molar-refractivity contribution in [2.24, 2.45) is 0 Å². The molecular weight excluding hydrogens is 212 g/mol. The van der Waals surface area contributed by atoms with Crippen molar-refractivity contribution < 1.29 is 0 Å². The Morgan fingerprint density at radius 3 is 2.18 bits per heavy atom. The lowest BCUT2D eigenvalue weighted by molar-refractivity contribution is 0.709. The van der Waals surface area contributed by atoms with Crippen LogP contribution in [0.4, 0.5) is 0 Å².